The monoisotopic (exact) mass is 464 g/mol. The fourth-order valence-corrected chi connectivity index (χ4v) is 3.47. The summed E-state index contributed by atoms with van der Waals surface area (Å²) in [5.41, 5.74) is 0.818. The van der Waals surface area contributed by atoms with Crippen LogP contribution in [0.5, 0.6) is 0 Å². The number of nitrogens with one attached hydrogen (secondary N) is 3. The molecule has 3 N–H and O–H groups in total. The molecule has 1 aliphatic heterocycles. The number of hydrogen-bond acceptors (Lipinski definition) is 4. The van der Waals surface area contributed by atoms with Gasteiger partial charge in [-0.05, 0) is 32.4 Å². The highest BCUT2D eigenvalue weighted by atomic mass is 19.4. The number of hydrogen-bond donors (Lipinski definition) is 3. The van der Waals surface area contributed by atoms with Gasteiger partial charge in [-0.2, -0.15) is 13.2 Å². The van der Waals surface area contributed by atoms with E-state index in [1.54, 1.807) is 13.8 Å². The lowest BCUT2D eigenvalue weighted by atomic mass is 10.0. The first-order valence-corrected chi connectivity index (χ1v) is 10.4. The zero-order valence-electron chi connectivity index (χ0n) is 18.5. The highest BCUT2D eigenvalue weighted by Crippen LogP contribution is 2.36. The molecule has 0 bridgehead atoms. The summed E-state index contributed by atoms with van der Waals surface area (Å²) in [6.07, 6.45) is -4.84. The average molecular weight is 464 g/mol. The first kappa shape index (κ1) is 24.3. The summed E-state index contributed by atoms with van der Waals surface area (Å²) in [5.74, 6) is -1.29. The minimum Gasteiger partial charge on any atom is -0.382 e. The molecular formula is C24H25F5N4. The quantitative estimate of drug-likeness (QED) is 0.436. The molecule has 1 aliphatic rings. The molecule has 1 atom stereocenters. The molecule has 1 unspecified atom stereocenters. The Bertz CT molecular complexity index is 1120. The van der Waals surface area contributed by atoms with Crippen molar-refractivity contribution in [2.24, 2.45) is 4.99 Å². The van der Waals surface area contributed by atoms with Gasteiger partial charge in [0.15, 0.2) is 0 Å². The Morgan fingerprint density at radius 2 is 1.85 bits per heavy atom. The Kier molecular flexibility index (Phi) is 7.09. The van der Waals surface area contributed by atoms with E-state index in [1.807, 2.05) is 6.92 Å². The minimum absolute atomic E-state index is 0.0381. The Morgan fingerprint density at radius 1 is 1.15 bits per heavy atom. The van der Waals surface area contributed by atoms with E-state index < -0.39 is 29.5 Å². The second-order valence-electron chi connectivity index (χ2n) is 7.70. The highest BCUT2D eigenvalue weighted by Gasteiger charge is 2.36. The lowest BCUT2D eigenvalue weighted by Crippen LogP contribution is -2.34. The smallest absolute Gasteiger partial charge is 0.382 e. The molecule has 9 heteroatoms. The summed E-state index contributed by atoms with van der Waals surface area (Å²) in [4.78, 5) is 4.43. The van der Waals surface area contributed by atoms with Crippen molar-refractivity contribution in [3.05, 3.63) is 82.6 Å². The third-order valence-corrected chi connectivity index (χ3v) is 5.29. The van der Waals surface area contributed by atoms with Gasteiger partial charge in [-0.25, -0.2) is 13.8 Å². The molecule has 176 valence electrons. The van der Waals surface area contributed by atoms with Crippen LogP contribution in [0.4, 0.5) is 27.6 Å². The van der Waals surface area contributed by atoms with Crippen molar-refractivity contribution < 1.29 is 22.0 Å². The third kappa shape index (κ3) is 5.35. The maximum Gasteiger partial charge on any atom is 0.416 e. The number of allylic oxidation sites excluding steroid dienone is 1. The predicted molar refractivity (Wildman–Crippen MR) is 120 cm³/mol. The summed E-state index contributed by atoms with van der Waals surface area (Å²) in [7, 11) is 0. The van der Waals surface area contributed by atoms with E-state index in [2.05, 4.69) is 27.5 Å². The molecule has 0 aromatic heterocycles. The molecule has 33 heavy (non-hydrogen) atoms. The molecule has 0 saturated carbocycles. The number of benzene rings is 2. The summed E-state index contributed by atoms with van der Waals surface area (Å²) < 4.78 is 69.0. The molecule has 2 aromatic rings. The van der Waals surface area contributed by atoms with Gasteiger partial charge in [0.25, 0.3) is 0 Å². The van der Waals surface area contributed by atoms with Crippen LogP contribution in [0.1, 0.15) is 50.0 Å². The van der Waals surface area contributed by atoms with Gasteiger partial charge in [-0.3, -0.25) is 0 Å². The molecule has 0 aliphatic carbocycles. The van der Waals surface area contributed by atoms with Crippen LogP contribution in [0.25, 0.3) is 5.70 Å². The largest absolute Gasteiger partial charge is 0.416 e. The van der Waals surface area contributed by atoms with Gasteiger partial charge in [0, 0.05) is 40.7 Å². The highest BCUT2D eigenvalue weighted by molar-refractivity contribution is 6.04. The van der Waals surface area contributed by atoms with E-state index in [1.165, 1.54) is 18.2 Å². The lowest BCUT2D eigenvalue weighted by molar-refractivity contribution is -0.138. The zero-order valence-corrected chi connectivity index (χ0v) is 18.5. The van der Waals surface area contributed by atoms with Crippen molar-refractivity contribution in [3.8, 4) is 0 Å². The average Bonchev–Trinajstić information content (AvgIpc) is 2.75. The van der Waals surface area contributed by atoms with Gasteiger partial charge in [-0.15, -0.1) is 0 Å². The fraction of sp³-hybridized carbons (Fsp3) is 0.292. The molecule has 0 spiro atoms. The molecular weight excluding hydrogens is 439 g/mol. The number of amidine groups is 1. The normalized spacial score (nSPS) is 16.2. The summed E-state index contributed by atoms with van der Waals surface area (Å²) >= 11 is 0. The first-order chi connectivity index (χ1) is 15.5. The maximum absolute atomic E-state index is 14.4. The van der Waals surface area contributed by atoms with Crippen LogP contribution < -0.4 is 16.0 Å². The summed E-state index contributed by atoms with van der Waals surface area (Å²) in [6, 6.07) is 7.10. The molecule has 0 amide bonds. The molecule has 4 nitrogen and oxygen atoms in total. The number of alkyl halides is 3. The van der Waals surface area contributed by atoms with Crippen LogP contribution in [0.15, 0.2) is 59.2 Å². The van der Waals surface area contributed by atoms with Crippen LogP contribution in [-0.4, -0.2) is 12.4 Å². The predicted octanol–water partition coefficient (Wildman–Crippen LogP) is 6.36. The Balaban J connectivity index is 1.98. The van der Waals surface area contributed by atoms with E-state index >= 15 is 0 Å². The van der Waals surface area contributed by atoms with Crippen molar-refractivity contribution in [2.45, 2.75) is 39.5 Å². The third-order valence-electron chi connectivity index (χ3n) is 5.29. The van der Waals surface area contributed by atoms with Gasteiger partial charge in [0.1, 0.15) is 23.6 Å². The van der Waals surface area contributed by atoms with Crippen molar-refractivity contribution in [1.29, 1.82) is 0 Å². The topological polar surface area (TPSA) is 48.5 Å². The number of nitrogens with zero attached hydrogens (tertiary/aromatic N) is 1. The van der Waals surface area contributed by atoms with Crippen LogP contribution >= 0.6 is 0 Å². The molecule has 0 saturated heterocycles. The van der Waals surface area contributed by atoms with Crippen molar-refractivity contribution in [2.75, 3.05) is 11.9 Å². The van der Waals surface area contributed by atoms with E-state index in [9.17, 15) is 22.0 Å². The molecule has 0 fully saturated rings. The second-order valence-corrected chi connectivity index (χ2v) is 7.70. The van der Waals surface area contributed by atoms with E-state index in [0.29, 0.717) is 17.8 Å². The van der Waals surface area contributed by atoms with Crippen LogP contribution in [0, 0.1) is 11.6 Å². The Labute approximate surface area is 189 Å². The number of anilines is 1. The van der Waals surface area contributed by atoms with Crippen LogP contribution in [0.3, 0.4) is 0 Å². The standard InChI is InChI=1S/C24H25F5N4/c1-5-10-30-21-18(11-16(25)12-20(21)26)15(4)32-22-13(2)14(3)31-23(33-22)17-8-6-7-9-19(17)24(27,28)29/h6-9,11-12,23,30-31H,4-5,10H2,1-3H3,(H,32,33). The molecule has 1 heterocycles. The first-order valence-electron chi connectivity index (χ1n) is 10.4. The van der Waals surface area contributed by atoms with Gasteiger partial charge in [0.05, 0.1) is 11.3 Å². The van der Waals surface area contributed by atoms with E-state index in [4.69, 9.17) is 0 Å². The lowest BCUT2D eigenvalue weighted by Gasteiger charge is -2.28. The fourth-order valence-electron chi connectivity index (χ4n) is 3.47. The second kappa shape index (κ2) is 9.64. The van der Waals surface area contributed by atoms with Crippen molar-refractivity contribution in [3.63, 3.8) is 0 Å². The van der Waals surface area contributed by atoms with Crippen molar-refractivity contribution in [1.82, 2.24) is 10.6 Å². The van der Waals surface area contributed by atoms with Gasteiger partial charge < -0.3 is 16.0 Å². The van der Waals surface area contributed by atoms with Crippen molar-refractivity contribution >= 4 is 17.2 Å². The van der Waals surface area contributed by atoms with Gasteiger partial charge >= 0.3 is 6.18 Å². The van der Waals surface area contributed by atoms with E-state index in [-0.39, 0.29) is 28.3 Å². The van der Waals surface area contributed by atoms with Crippen LogP contribution in [-0.2, 0) is 6.18 Å². The van der Waals surface area contributed by atoms with Crippen LogP contribution in [0.2, 0.25) is 0 Å². The Morgan fingerprint density at radius 3 is 2.52 bits per heavy atom. The minimum atomic E-state index is -4.55. The van der Waals surface area contributed by atoms with Gasteiger partial charge in [0.2, 0.25) is 0 Å². The van der Waals surface area contributed by atoms with E-state index in [0.717, 1.165) is 24.6 Å². The Hall–Kier alpha value is -3.36. The molecule has 0 radical (unpaired) electrons. The summed E-state index contributed by atoms with van der Waals surface area (Å²) in [5, 5.41) is 8.86. The number of halogens is 5. The summed E-state index contributed by atoms with van der Waals surface area (Å²) in [6.45, 7) is 9.71. The number of aliphatic imine (C=N–C) groups is 1. The maximum atomic E-state index is 14.4. The van der Waals surface area contributed by atoms with Gasteiger partial charge in [-0.1, -0.05) is 31.7 Å². The number of rotatable bonds is 6. The molecule has 2 aromatic carbocycles. The molecule has 3 rings (SSSR count). The SMILES string of the molecule is C=C(NC1=NC(c2ccccc2C(F)(F)F)NC(C)=C1C)c1cc(F)cc(F)c1NCCC. The zero-order chi connectivity index (χ0) is 24.3.